The van der Waals surface area contributed by atoms with Crippen molar-refractivity contribution in [2.24, 2.45) is 28.1 Å². The zero-order valence-corrected chi connectivity index (χ0v) is 15.8. The van der Waals surface area contributed by atoms with Crippen LogP contribution in [-0.4, -0.2) is 23.2 Å². The molecule has 4 atom stereocenters. The molecule has 2 nitrogen and oxygen atoms in total. The molecular weight excluding hydrogens is 304 g/mol. The summed E-state index contributed by atoms with van der Waals surface area (Å²) >= 11 is 4.40. The summed E-state index contributed by atoms with van der Waals surface area (Å²) in [6.45, 7) is 7.26. The van der Waals surface area contributed by atoms with Crippen molar-refractivity contribution in [1.82, 2.24) is 0 Å². The van der Waals surface area contributed by atoms with E-state index in [1.54, 1.807) is 0 Å². The number of aliphatic hydroxyl groups excluding tert-OH is 1. The number of hydrogen-bond acceptors (Lipinski definition) is 3. The maximum absolute atomic E-state index is 13.1. The fourth-order valence-corrected chi connectivity index (χ4v) is 6.72. The van der Waals surface area contributed by atoms with Crippen molar-refractivity contribution < 1.29 is 9.90 Å². The van der Waals surface area contributed by atoms with E-state index in [-0.39, 0.29) is 23.7 Å². The van der Waals surface area contributed by atoms with Gasteiger partial charge in [-0.1, -0.05) is 38.8 Å². The zero-order chi connectivity index (χ0) is 16.9. The van der Waals surface area contributed by atoms with E-state index in [1.165, 1.54) is 19.3 Å². The number of Topliss-reactive ketones (excluding diaryl/α,β-unsaturated/α-hetero) is 1. The Labute approximate surface area is 146 Å². The molecule has 2 fully saturated rings. The van der Waals surface area contributed by atoms with Crippen LogP contribution in [-0.2, 0) is 4.79 Å². The third-order valence-electron chi connectivity index (χ3n) is 7.69. The van der Waals surface area contributed by atoms with E-state index >= 15 is 0 Å². The van der Waals surface area contributed by atoms with Gasteiger partial charge >= 0.3 is 0 Å². The lowest BCUT2D eigenvalue weighted by Crippen LogP contribution is -2.58. The molecule has 4 unspecified atom stereocenters. The molecule has 3 heteroatoms. The Morgan fingerprint density at radius 1 is 1.22 bits per heavy atom. The van der Waals surface area contributed by atoms with Gasteiger partial charge in [-0.25, -0.2) is 0 Å². The van der Waals surface area contributed by atoms with Crippen LogP contribution in [0.4, 0.5) is 0 Å². The summed E-state index contributed by atoms with van der Waals surface area (Å²) in [5.41, 5.74) is 1.15. The number of carbonyl (C=O) groups is 1. The van der Waals surface area contributed by atoms with Gasteiger partial charge in [-0.3, -0.25) is 4.79 Å². The van der Waals surface area contributed by atoms with Crippen molar-refractivity contribution in [3.63, 3.8) is 0 Å². The lowest BCUT2D eigenvalue weighted by molar-refractivity contribution is -0.166. The van der Waals surface area contributed by atoms with E-state index in [9.17, 15) is 9.90 Å². The quantitative estimate of drug-likeness (QED) is 0.578. The number of hydrogen-bond donors (Lipinski definition) is 2. The van der Waals surface area contributed by atoms with Gasteiger partial charge in [0.2, 0.25) is 0 Å². The highest BCUT2D eigenvalue weighted by Crippen LogP contribution is 2.65. The second kappa shape index (κ2) is 5.91. The molecule has 2 saturated carbocycles. The first-order valence-electron chi connectivity index (χ1n) is 9.23. The van der Waals surface area contributed by atoms with Crippen molar-refractivity contribution in [3.8, 4) is 0 Å². The Kier molecular flexibility index (Phi) is 4.51. The van der Waals surface area contributed by atoms with Crippen molar-refractivity contribution in [1.29, 1.82) is 0 Å². The lowest BCUT2D eigenvalue weighted by Gasteiger charge is -2.62. The van der Waals surface area contributed by atoms with Crippen LogP contribution >= 0.6 is 12.6 Å². The van der Waals surface area contributed by atoms with Gasteiger partial charge < -0.3 is 5.11 Å². The molecular formula is C20H32O2S. The largest absolute Gasteiger partial charge is 0.395 e. The summed E-state index contributed by atoms with van der Waals surface area (Å²) in [5, 5.41) is 10.3. The van der Waals surface area contributed by atoms with E-state index in [0.717, 1.165) is 24.8 Å². The van der Waals surface area contributed by atoms with Crippen LogP contribution in [0.1, 0.15) is 65.7 Å². The lowest BCUT2D eigenvalue weighted by atomic mass is 9.42. The van der Waals surface area contributed by atoms with Gasteiger partial charge in [0.25, 0.3) is 0 Å². The van der Waals surface area contributed by atoms with Crippen LogP contribution < -0.4 is 0 Å². The normalized spacial score (nSPS) is 43.2. The van der Waals surface area contributed by atoms with Crippen molar-refractivity contribution >= 4 is 18.4 Å². The highest BCUT2D eigenvalue weighted by Gasteiger charge is 2.61. The van der Waals surface area contributed by atoms with Gasteiger partial charge in [-0.05, 0) is 54.8 Å². The van der Waals surface area contributed by atoms with Gasteiger partial charge in [-0.2, -0.15) is 12.6 Å². The minimum atomic E-state index is -0.514. The topological polar surface area (TPSA) is 37.3 Å². The van der Waals surface area contributed by atoms with E-state index in [1.807, 2.05) is 0 Å². The number of thiol groups is 1. The molecule has 0 spiro atoms. The van der Waals surface area contributed by atoms with Crippen molar-refractivity contribution in [2.45, 2.75) is 65.7 Å². The van der Waals surface area contributed by atoms with Crippen molar-refractivity contribution in [2.75, 3.05) is 12.4 Å². The predicted octanol–water partition coefficient (Wildman–Crippen LogP) is 4.43. The minimum Gasteiger partial charge on any atom is -0.395 e. The molecule has 3 rings (SSSR count). The highest BCUT2D eigenvalue weighted by atomic mass is 32.1. The van der Waals surface area contributed by atoms with Gasteiger partial charge in [-0.15, -0.1) is 0 Å². The molecule has 3 aliphatic rings. The average molecular weight is 337 g/mol. The summed E-state index contributed by atoms with van der Waals surface area (Å²) in [5.74, 6) is 1.87. The van der Waals surface area contributed by atoms with Gasteiger partial charge in [0.1, 0.15) is 5.78 Å². The third-order valence-corrected chi connectivity index (χ3v) is 8.09. The number of ketones is 1. The SMILES string of the molecule is CC1(C)CCCC2(C)C1CCC1(CO)C(=O)CC(CS)=CCC12. The second-order valence-corrected chi connectivity index (χ2v) is 9.48. The number of rotatable bonds is 2. The molecule has 0 saturated heterocycles. The van der Waals surface area contributed by atoms with Gasteiger partial charge in [0.15, 0.2) is 0 Å². The monoisotopic (exact) mass is 336 g/mol. The maximum atomic E-state index is 13.1. The van der Waals surface area contributed by atoms with E-state index in [2.05, 4.69) is 39.5 Å². The van der Waals surface area contributed by atoms with E-state index in [4.69, 9.17) is 0 Å². The maximum Gasteiger partial charge on any atom is 0.145 e. The molecule has 0 amide bonds. The van der Waals surface area contributed by atoms with E-state index in [0.29, 0.717) is 23.5 Å². The average Bonchev–Trinajstić information content (AvgIpc) is 2.64. The third kappa shape index (κ3) is 2.54. The van der Waals surface area contributed by atoms with Crippen LogP contribution in [0.5, 0.6) is 0 Å². The standard InChI is InChI=1S/C20H32O2S/c1-18(2)8-4-9-19(3)15(18)7-10-20(13-21)16(19)6-5-14(12-23)11-17(20)22/h5,15-16,21,23H,4,6-13H2,1-3H3. The Balaban J connectivity index is 2.06. The molecule has 0 aromatic heterocycles. The molecule has 0 radical (unpaired) electrons. The summed E-state index contributed by atoms with van der Waals surface area (Å²) in [7, 11) is 0. The molecule has 0 bridgehead atoms. The van der Waals surface area contributed by atoms with Gasteiger partial charge in [0, 0.05) is 12.2 Å². The summed E-state index contributed by atoms with van der Waals surface area (Å²) in [6, 6.07) is 0. The minimum absolute atomic E-state index is 0.0208. The van der Waals surface area contributed by atoms with Crippen LogP contribution in [0.25, 0.3) is 0 Å². The van der Waals surface area contributed by atoms with Crippen LogP contribution in [0, 0.1) is 28.1 Å². The smallest absolute Gasteiger partial charge is 0.145 e. The molecule has 0 aliphatic heterocycles. The first kappa shape index (κ1) is 17.5. The van der Waals surface area contributed by atoms with Crippen LogP contribution in [0.2, 0.25) is 0 Å². The van der Waals surface area contributed by atoms with Crippen LogP contribution in [0.15, 0.2) is 11.6 Å². The Bertz CT molecular complexity index is 524. The molecule has 0 aromatic rings. The Morgan fingerprint density at radius 2 is 1.96 bits per heavy atom. The summed E-state index contributed by atoms with van der Waals surface area (Å²) in [4.78, 5) is 13.1. The fourth-order valence-electron chi connectivity index (χ4n) is 6.48. The predicted molar refractivity (Wildman–Crippen MR) is 97.6 cm³/mol. The molecule has 1 N–H and O–H groups in total. The Hall–Kier alpha value is -0.280. The van der Waals surface area contributed by atoms with Crippen molar-refractivity contribution in [3.05, 3.63) is 11.6 Å². The number of carbonyl (C=O) groups excluding carboxylic acids is 1. The first-order valence-corrected chi connectivity index (χ1v) is 9.86. The summed E-state index contributed by atoms with van der Waals surface area (Å²) < 4.78 is 0. The summed E-state index contributed by atoms with van der Waals surface area (Å²) in [6.07, 6.45) is 9.38. The fraction of sp³-hybridized carbons (Fsp3) is 0.850. The molecule has 130 valence electrons. The number of aliphatic hydroxyl groups is 1. The second-order valence-electron chi connectivity index (χ2n) is 9.16. The number of fused-ring (bicyclic) bond motifs is 3. The molecule has 0 aromatic carbocycles. The molecule has 23 heavy (non-hydrogen) atoms. The highest BCUT2D eigenvalue weighted by molar-refractivity contribution is 7.80. The Morgan fingerprint density at radius 3 is 2.61 bits per heavy atom. The molecule has 3 aliphatic carbocycles. The zero-order valence-electron chi connectivity index (χ0n) is 14.9. The van der Waals surface area contributed by atoms with E-state index < -0.39 is 5.41 Å². The molecule has 0 heterocycles. The van der Waals surface area contributed by atoms with Gasteiger partial charge in [0.05, 0.1) is 12.0 Å². The first-order chi connectivity index (χ1) is 10.8. The van der Waals surface area contributed by atoms with Crippen LogP contribution in [0.3, 0.4) is 0 Å². The number of allylic oxidation sites excluding steroid dienone is 1.